The van der Waals surface area contributed by atoms with Crippen molar-refractivity contribution in [2.75, 3.05) is 5.73 Å². The van der Waals surface area contributed by atoms with Crippen LogP contribution in [0.25, 0.3) is 16.2 Å². The van der Waals surface area contributed by atoms with Crippen molar-refractivity contribution < 1.29 is 9.18 Å². The molecule has 0 radical (unpaired) electrons. The lowest BCUT2D eigenvalue weighted by molar-refractivity contribution is 0.0945. The zero-order valence-corrected chi connectivity index (χ0v) is 14.3. The Hall–Kier alpha value is -3.26. The summed E-state index contributed by atoms with van der Waals surface area (Å²) >= 11 is 1.35. The third kappa shape index (κ3) is 3.02. The van der Waals surface area contributed by atoms with Crippen LogP contribution in [-0.2, 0) is 6.54 Å². The highest BCUT2D eigenvalue weighted by Crippen LogP contribution is 2.24. The monoisotopic (exact) mass is 367 g/mol. The molecule has 0 aliphatic rings. The van der Waals surface area contributed by atoms with Crippen LogP contribution < -0.4 is 11.1 Å². The number of halogens is 1. The van der Waals surface area contributed by atoms with E-state index in [2.05, 4.69) is 15.3 Å². The van der Waals surface area contributed by atoms with Gasteiger partial charge in [-0.3, -0.25) is 9.20 Å². The quantitative estimate of drug-likeness (QED) is 0.580. The van der Waals surface area contributed by atoms with Gasteiger partial charge >= 0.3 is 0 Å². The normalized spacial score (nSPS) is 11.0. The number of thiazole rings is 1. The summed E-state index contributed by atoms with van der Waals surface area (Å²) in [6, 6.07) is 9.78. The van der Waals surface area contributed by atoms with Crippen molar-refractivity contribution >= 4 is 28.0 Å². The van der Waals surface area contributed by atoms with Gasteiger partial charge in [0.1, 0.15) is 17.3 Å². The number of imidazole rings is 1. The Morgan fingerprint density at radius 2 is 2.19 bits per heavy atom. The Kier molecular flexibility index (Phi) is 4.10. The fourth-order valence-electron chi connectivity index (χ4n) is 2.60. The largest absolute Gasteiger partial charge is 0.383 e. The first-order chi connectivity index (χ1) is 12.6. The number of aromatic nitrogens is 3. The lowest BCUT2D eigenvalue weighted by Gasteiger charge is -2.06. The molecule has 0 aliphatic heterocycles. The van der Waals surface area contributed by atoms with Gasteiger partial charge in [-0.1, -0.05) is 18.2 Å². The van der Waals surface area contributed by atoms with Crippen molar-refractivity contribution in [2.24, 2.45) is 0 Å². The van der Waals surface area contributed by atoms with Gasteiger partial charge in [-0.2, -0.15) is 0 Å². The lowest BCUT2D eigenvalue weighted by atomic mass is 10.2. The second-order valence-corrected chi connectivity index (χ2v) is 6.48. The molecule has 3 aromatic heterocycles. The molecule has 0 fully saturated rings. The van der Waals surface area contributed by atoms with Gasteiger partial charge in [0.05, 0.1) is 5.69 Å². The highest BCUT2D eigenvalue weighted by atomic mass is 32.1. The van der Waals surface area contributed by atoms with Crippen LogP contribution >= 0.6 is 11.3 Å². The van der Waals surface area contributed by atoms with Crippen molar-refractivity contribution in [1.29, 1.82) is 0 Å². The average Bonchev–Trinajstić information content (AvgIpc) is 3.21. The molecule has 4 rings (SSSR count). The van der Waals surface area contributed by atoms with E-state index < -0.39 is 0 Å². The van der Waals surface area contributed by atoms with Crippen molar-refractivity contribution in [1.82, 2.24) is 19.7 Å². The summed E-state index contributed by atoms with van der Waals surface area (Å²) in [5.41, 5.74) is 8.27. The number of nitrogens with one attached hydrogen (secondary N) is 1. The van der Waals surface area contributed by atoms with Crippen LogP contribution in [0.3, 0.4) is 0 Å². The van der Waals surface area contributed by atoms with Crippen molar-refractivity contribution in [2.45, 2.75) is 6.54 Å². The van der Waals surface area contributed by atoms with Crippen molar-refractivity contribution in [3.05, 3.63) is 71.2 Å². The zero-order valence-electron chi connectivity index (χ0n) is 13.5. The van der Waals surface area contributed by atoms with E-state index in [1.54, 1.807) is 40.4 Å². The molecule has 3 heterocycles. The number of nitrogen functional groups attached to an aromatic ring is 1. The molecule has 4 aromatic rings. The molecule has 8 heteroatoms. The maximum absolute atomic E-state index is 13.4. The molecule has 130 valence electrons. The minimum atomic E-state index is -0.328. The molecule has 1 amide bonds. The van der Waals surface area contributed by atoms with Gasteiger partial charge in [0.25, 0.3) is 5.91 Å². The smallest absolute Gasteiger partial charge is 0.269 e. The maximum atomic E-state index is 13.4. The van der Waals surface area contributed by atoms with E-state index in [9.17, 15) is 9.18 Å². The second-order valence-electron chi connectivity index (χ2n) is 5.64. The third-order valence-electron chi connectivity index (χ3n) is 3.93. The minimum absolute atomic E-state index is 0.248. The lowest BCUT2D eigenvalue weighted by Crippen LogP contribution is -2.24. The van der Waals surface area contributed by atoms with Gasteiger partial charge in [-0.15, -0.1) is 11.3 Å². The number of anilines is 1. The van der Waals surface area contributed by atoms with Crippen LogP contribution in [0.5, 0.6) is 0 Å². The molecule has 1 aromatic carbocycles. The average molecular weight is 367 g/mol. The van der Waals surface area contributed by atoms with E-state index in [4.69, 9.17) is 5.73 Å². The predicted octanol–water partition coefficient (Wildman–Crippen LogP) is 3.11. The van der Waals surface area contributed by atoms with Crippen molar-refractivity contribution in [3.8, 4) is 11.3 Å². The van der Waals surface area contributed by atoms with Gasteiger partial charge in [0.15, 0.2) is 4.96 Å². The highest BCUT2D eigenvalue weighted by molar-refractivity contribution is 7.15. The number of carbonyl (C=O) groups excluding carboxylic acids is 1. The molecule has 0 bridgehead atoms. The van der Waals surface area contributed by atoms with E-state index in [0.29, 0.717) is 27.7 Å². The summed E-state index contributed by atoms with van der Waals surface area (Å²) in [7, 11) is 0. The fourth-order valence-corrected chi connectivity index (χ4v) is 3.45. The van der Waals surface area contributed by atoms with Crippen LogP contribution in [0.2, 0.25) is 0 Å². The third-order valence-corrected chi connectivity index (χ3v) is 4.77. The van der Waals surface area contributed by atoms with Crippen LogP contribution in [0.1, 0.15) is 16.1 Å². The minimum Gasteiger partial charge on any atom is -0.383 e. The summed E-state index contributed by atoms with van der Waals surface area (Å²) in [5, 5.41) is 4.57. The van der Waals surface area contributed by atoms with E-state index in [1.165, 1.54) is 23.5 Å². The Balaban J connectivity index is 1.58. The summed E-state index contributed by atoms with van der Waals surface area (Å²) in [5.74, 6) is -0.187. The molecule has 0 spiro atoms. The van der Waals surface area contributed by atoms with Crippen LogP contribution in [0.15, 0.2) is 54.2 Å². The number of rotatable bonds is 4. The van der Waals surface area contributed by atoms with Crippen LogP contribution in [0, 0.1) is 5.82 Å². The first kappa shape index (κ1) is 16.2. The standard InChI is InChI=1S/C18H14FN5OS/c19-13-5-1-3-11(7-13)14-9-24-15(10-26-18(24)23-14)17(25)22-8-12-4-2-6-21-16(12)20/h1-7,9-10H,8H2,(H2,20,21)(H,22,25). The summed E-state index contributed by atoms with van der Waals surface area (Å²) in [6.45, 7) is 0.279. The van der Waals surface area contributed by atoms with E-state index >= 15 is 0 Å². The Morgan fingerprint density at radius 3 is 3.00 bits per heavy atom. The fraction of sp³-hybridized carbons (Fsp3) is 0.0556. The first-order valence-corrected chi connectivity index (χ1v) is 8.70. The van der Waals surface area contributed by atoms with Crippen LogP contribution in [-0.4, -0.2) is 20.3 Å². The van der Waals surface area contributed by atoms with Gasteiger partial charge < -0.3 is 11.1 Å². The molecule has 0 aliphatic carbocycles. The predicted molar refractivity (Wildman–Crippen MR) is 98.3 cm³/mol. The molecule has 26 heavy (non-hydrogen) atoms. The van der Waals surface area contributed by atoms with E-state index in [0.717, 1.165) is 5.56 Å². The number of benzene rings is 1. The molecule has 0 atom stereocenters. The molecule has 6 nitrogen and oxygen atoms in total. The Bertz CT molecular complexity index is 1100. The molecule has 0 unspecified atom stereocenters. The van der Waals surface area contributed by atoms with Crippen LogP contribution in [0.4, 0.5) is 10.2 Å². The molecule has 3 N–H and O–H groups in total. The zero-order chi connectivity index (χ0) is 18.1. The molecule has 0 saturated carbocycles. The molecular weight excluding hydrogens is 353 g/mol. The van der Waals surface area contributed by atoms with Gasteiger partial charge in [-0.05, 0) is 18.2 Å². The number of nitrogens with zero attached hydrogens (tertiary/aromatic N) is 3. The number of hydrogen-bond acceptors (Lipinski definition) is 5. The van der Waals surface area contributed by atoms with Gasteiger partial charge in [0, 0.05) is 35.4 Å². The SMILES string of the molecule is Nc1ncccc1CNC(=O)c1csc2nc(-c3cccc(F)c3)cn12. The topological polar surface area (TPSA) is 85.3 Å². The Labute approximate surface area is 152 Å². The number of nitrogens with two attached hydrogens (primary N) is 1. The second kappa shape index (κ2) is 6.57. The van der Waals surface area contributed by atoms with Crippen molar-refractivity contribution in [3.63, 3.8) is 0 Å². The number of pyridine rings is 1. The number of amides is 1. The molecular formula is C18H14FN5OS. The summed E-state index contributed by atoms with van der Waals surface area (Å²) in [6.07, 6.45) is 3.33. The highest BCUT2D eigenvalue weighted by Gasteiger charge is 2.15. The van der Waals surface area contributed by atoms with Gasteiger partial charge in [0.2, 0.25) is 0 Å². The van der Waals surface area contributed by atoms with E-state index in [1.807, 2.05) is 6.07 Å². The number of fused-ring (bicyclic) bond motifs is 1. The van der Waals surface area contributed by atoms with E-state index in [-0.39, 0.29) is 18.3 Å². The first-order valence-electron chi connectivity index (χ1n) is 7.82. The summed E-state index contributed by atoms with van der Waals surface area (Å²) in [4.78, 5) is 21.7. The maximum Gasteiger partial charge on any atom is 0.269 e. The summed E-state index contributed by atoms with van der Waals surface area (Å²) < 4.78 is 15.1. The Morgan fingerprint density at radius 1 is 1.31 bits per heavy atom. The number of hydrogen-bond donors (Lipinski definition) is 2. The number of carbonyl (C=O) groups is 1. The van der Waals surface area contributed by atoms with Gasteiger partial charge in [-0.25, -0.2) is 14.4 Å². The molecule has 0 saturated heterocycles.